The van der Waals surface area contributed by atoms with Crippen LogP contribution in [0.5, 0.6) is 0 Å². The second-order valence-corrected chi connectivity index (χ2v) is 5.01. The molecular weight excluding hydrogens is 311 g/mol. The molecule has 0 radical (unpaired) electrons. The molecule has 0 saturated carbocycles. The third-order valence-electron chi connectivity index (χ3n) is 3.01. The summed E-state index contributed by atoms with van der Waals surface area (Å²) in [6.45, 7) is 4.66. The summed E-state index contributed by atoms with van der Waals surface area (Å²) < 4.78 is 37.5. The van der Waals surface area contributed by atoms with E-state index >= 15 is 0 Å². The molecule has 1 aromatic rings. The molecule has 0 aromatic heterocycles. The van der Waals surface area contributed by atoms with Gasteiger partial charge in [0.2, 0.25) is 0 Å². The summed E-state index contributed by atoms with van der Waals surface area (Å²) in [4.78, 5) is 11.6. The maximum Gasteiger partial charge on any atom is 0.416 e. The van der Waals surface area contributed by atoms with E-state index in [-0.39, 0.29) is 0 Å². The zero-order valence-electron chi connectivity index (χ0n) is 12.7. The highest BCUT2D eigenvalue weighted by atomic mass is 19.4. The van der Waals surface area contributed by atoms with Crippen LogP contribution in [-0.2, 0) is 11.0 Å². The number of hydrogen-bond acceptors (Lipinski definition) is 4. The lowest BCUT2D eigenvalue weighted by molar-refractivity contribution is -0.137. The summed E-state index contributed by atoms with van der Waals surface area (Å²) in [6, 6.07) is 5.50. The van der Waals surface area contributed by atoms with Gasteiger partial charge < -0.3 is 21.1 Å². The topological polar surface area (TPSA) is 78.6 Å². The van der Waals surface area contributed by atoms with Crippen molar-refractivity contribution in [3.05, 3.63) is 41.6 Å². The molecule has 1 fully saturated rings. The van der Waals surface area contributed by atoms with Gasteiger partial charge in [0.1, 0.15) is 0 Å². The van der Waals surface area contributed by atoms with Gasteiger partial charge in [-0.05, 0) is 25.1 Å². The highest BCUT2D eigenvalue weighted by Gasteiger charge is 2.30. The third kappa shape index (κ3) is 7.05. The Morgan fingerprint density at radius 2 is 1.96 bits per heavy atom. The van der Waals surface area contributed by atoms with Crippen molar-refractivity contribution in [1.82, 2.24) is 5.32 Å². The van der Waals surface area contributed by atoms with Gasteiger partial charge >= 0.3 is 12.1 Å². The Bertz CT molecular complexity index is 549. The predicted molar refractivity (Wildman–Crippen MR) is 82.1 cm³/mol. The van der Waals surface area contributed by atoms with E-state index in [1.165, 1.54) is 19.1 Å². The van der Waals surface area contributed by atoms with E-state index in [2.05, 4.69) is 5.32 Å². The fourth-order valence-corrected chi connectivity index (χ4v) is 2.00. The van der Waals surface area contributed by atoms with Gasteiger partial charge in [-0.25, -0.2) is 4.79 Å². The second-order valence-electron chi connectivity index (χ2n) is 5.01. The number of aliphatic carboxylic acids is 1. The SMILES string of the molecule is C/C(N)=C/C(=O)O.FC(F)(F)c1cccc(N2CCNCC2)c1. The van der Waals surface area contributed by atoms with E-state index in [1.807, 2.05) is 4.90 Å². The zero-order valence-corrected chi connectivity index (χ0v) is 12.7. The van der Waals surface area contributed by atoms with E-state index in [0.717, 1.165) is 38.3 Å². The number of nitrogens with zero attached hydrogens (tertiary/aromatic N) is 1. The van der Waals surface area contributed by atoms with Crippen LogP contribution in [0.15, 0.2) is 36.0 Å². The van der Waals surface area contributed by atoms with Crippen LogP contribution in [0.25, 0.3) is 0 Å². The lowest BCUT2D eigenvalue weighted by atomic mass is 10.1. The van der Waals surface area contributed by atoms with Crippen molar-refractivity contribution in [2.75, 3.05) is 31.1 Å². The molecule has 0 atom stereocenters. The minimum Gasteiger partial charge on any atom is -0.478 e. The normalized spacial score (nSPS) is 15.7. The maximum atomic E-state index is 12.5. The highest BCUT2D eigenvalue weighted by Crippen LogP contribution is 2.31. The summed E-state index contributed by atoms with van der Waals surface area (Å²) >= 11 is 0. The minimum absolute atomic E-state index is 0.313. The number of carboxylic acid groups (broad SMARTS) is 1. The molecule has 23 heavy (non-hydrogen) atoms. The van der Waals surface area contributed by atoms with Gasteiger partial charge in [0.05, 0.1) is 5.56 Å². The number of carboxylic acids is 1. The van der Waals surface area contributed by atoms with Crippen molar-refractivity contribution in [2.24, 2.45) is 5.73 Å². The van der Waals surface area contributed by atoms with E-state index in [4.69, 9.17) is 10.8 Å². The molecule has 128 valence electrons. The van der Waals surface area contributed by atoms with Crippen molar-refractivity contribution in [1.29, 1.82) is 0 Å². The summed E-state index contributed by atoms with van der Waals surface area (Å²) in [7, 11) is 0. The van der Waals surface area contributed by atoms with Gasteiger partial charge in [-0.15, -0.1) is 0 Å². The number of hydrogen-bond donors (Lipinski definition) is 3. The monoisotopic (exact) mass is 331 g/mol. The van der Waals surface area contributed by atoms with Crippen LogP contribution < -0.4 is 16.0 Å². The summed E-state index contributed by atoms with van der Waals surface area (Å²) in [5.41, 5.74) is 5.36. The molecule has 1 aliphatic heterocycles. The van der Waals surface area contributed by atoms with Gasteiger partial charge in [-0.3, -0.25) is 0 Å². The lowest BCUT2D eigenvalue weighted by Crippen LogP contribution is -2.43. The molecule has 8 heteroatoms. The highest BCUT2D eigenvalue weighted by molar-refractivity contribution is 5.80. The van der Waals surface area contributed by atoms with Crippen LogP contribution in [0, 0.1) is 0 Å². The van der Waals surface area contributed by atoms with Crippen LogP contribution in [0.4, 0.5) is 18.9 Å². The Morgan fingerprint density at radius 1 is 1.35 bits per heavy atom. The Kier molecular flexibility index (Phi) is 6.89. The van der Waals surface area contributed by atoms with E-state index < -0.39 is 17.7 Å². The molecule has 1 aromatic carbocycles. The van der Waals surface area contributed by atoms with Gasteiger partial charge in [0.15, 0.2) is 0 Å². The number of halogens is 3. The standard InChI is InChI=1S/C11H13F3N2.C4H7NO2/c12-11(13,14)9-2-1-3-10(8-9)16-6-4-15-5-7-16;1-3(5)2-4(6)7/h1-3,8,15H,4-7H2;2H,5H2,1H3,(H,6,7)/b;3-2-. The molecule has 4 N–H and O–H groups in total. The number of nitrogens with two attached hydrogens (primary N) is 1. The summed E-state index contributed by atoms with van der Waals surface area (Å²) in [6.07, 6.45) is -3.32. The second kappa shape index (κ2) is 8.42. The first-order chi connectivity index (χ1) is 10.7. The molecule has 0 bridgehead atoms. The Labute approximate surface area is 132 Å². The van der Waals surface area contributed by atoms with Crippen molar-refractivity contribution >= 4 is 11.7 Å². The first kappa shape index (κ1) is 18.8. The van der Waals surface area contributed by atoms with Crippen LogP contribution in [0.1, 0.15) is 12.5 Å². The number of nitrogens with one attached hydrogen (secondary N) is 1. The minimum atomic E-state index is -4.26. The van der Waals surface area contributed by atoms with E-state index in [1.54, 1.807) is 6.07 Å². The molecule has 1 saturated heterocycles. The Morgan fingerprint density at radius 3 is 2.39 bits per heavy atom. The van der Waals surface area contributed by atoms with Gasteiger partial charge in [0, 0.05) is 43.6 Å². The van der Waals surface area contributed by atoms with Gasteiger partial charge in [0.25, 0.3) is 0 Å². The molecule has 5 nitrogen and oxygen atoms in total. The largest absolute Gasteiger partial charge is 0.478 e. The fraction of sp³-hybridized carbons (Fsp3) is 0.400. The van der Waals surface area contributed by atoms with Crippen LogP contribution in [0.2, 0.25) is 0 Å². The van der Waals surface area contributed by atoms with E-state index in [9.17, 15) is 18.0 Å². The first-order valence-electron chi connectivity index (χ1n) is 7.00. The Balaban J connectivity index is 0.000000322. The summed E-state index contributed by atoms with van der Waals surface area (Å²) in [5.74, 6) is -1.000. The lowest BCUT2D eigenvalue weighted by Gasteiger charge is -2.29. The number of piperazine rings is 1. The van der Waals surface area contributed by atoms with Gasteiger partial charge in [-0.1, -0.05) is 6.07 Å². The van der Waals surface area contributed by atoms with Crippen molar-refractivity contribution in [3.8, 4) is 0 Å². The number of benzene rings is 1. The molecule has 1 aliphatic rings. The molecule has 2 rings (SSSR count). The number of carbonyl (C=O) groups is 1. The number of alkyl halides is 3. The maximum absolute atomic E-state index is 12.5. The molecule has 0 aliphatic carbocycles. The predicted octanol–water partition coefficient (Wildman–Crippen LogP) is 2.05. The molecule has 0 unspecified atom stereocenters. The third-order valence-corrected chi connectivity index (χ3v) is 3.01. The average Bonchev–Trinajstić information content (AvgIpc) is 2.47. The number of allylic oxidation sites excluding steroid dienone is 1. The quantitative estimate of drug-likeness (QED) is 0.723. The van der Waals surface area contributed by atoms with Crippen LogP contribution >= 0.6 is 0 Å². The molecule has 0 amide bonds. The zero-order chi connectivity index (χ0) is 17.5. The van der Waals surface area contributed by atoms with Crippen LogP contribution in [0.3, 0.4) is 0 Å². The van der Waals surface area contributed by atoms with E-state index in [0.29, 0.717) is 11.4 Å². The Hall–Kier alpha value is -2.22. The molecular formula is C15H20F3N3O2. The molecule has 1 heterocycles. The fourth-order valence-electron chi connectivity index (χ4n) is 2.00. The molecule has 0 spiro atoms. The average molecular weight is 331 g/mol. The van der Waals surface area contributed by atoms with Gasteiger partial charge in [-0.2, -0.15) is 13.2 Å². The number of rotatable bonds is 2. The van der Waals surface area contributed by atoms with Crippen LogP contribution in [-0.4, -0.2) is 37.3 Å². The smallest absolute Gasteiger partial charge is 0.416 e. The van der Waals surface area contributed by atoms with Crippen molar-refractivity contribution in [2.45, 2.75) is 13.1 Å². The number of anilines is 1. The van der Waals surface area contributed by atoms with Crippen molar-refractivity contribution < 1.29 is 23.1 Å². The first-order valence-corrected chi connectivity index (χ1v) is 7.00. The summed E-state index contributed by atoms with van der Waals surface area (Å²) in [5, 5.41) is 11.1. The van der Waals surface area contributed by atoms with Crippen molar-refractivity contribution in [3.63, 3.8) is 0 Å².